The summed E-state index contributed by atoms with van der Waals surface area (Å²) in [5.41, 5.74) is 3.96. The fourth-order valence-electron chi connectivity index (χ4n) is 3.44. The van der Waals surface area contributed by atoms with Gasteiger partial charge in [-0.25, -0.2) is 4.68 Å². The molecule has 0 saturated carbocycles. The van der Waals surface area contributed by atoms with Crippen molar-refractivity contribution in [2.45, 2.75) is 13.0 Å². The SMILES string of the molecule is CC(NC(=O)C(C#N)=Cc1cn(-c2ccccc2)nc1-c1ccc(Cl)cc1)c1ccccc1. The van der Waals surface area contributed by atoms with Crippen LogP contribution in [-0.2, 0) is 4.79 Å². The molecule has 0 fully saturated rings. The van der Waals surface area contributed by atoms with Crippen LogP contribution in [0.25, 0.3) is 23.0 Å². The molecule has 1 aromatic heterocycles. The van der Waals surface area contributed by atoms with Crippen LogP contribution in [0.15, 0.2) is 96.7 Å². The quantitative estimate of drug-likeness (QED) is 0.289. The Balaban J connectivity index is 1.71. The van der Waals surface area contributed by atoms with E-state index < -0.39 is 5.91 Å². The van der Waals surface area contributed by atoms with E-state index >= 15 is 0 Å². The number of carbonyl (C=O) groups is 1. The molecule has 4 aromatic rings. The van der Waals surface area contributed by atoms with Crippen molar-refractivity contribution < 1.29 is 4.79 Å². The maximum Gasteiger partial charge on any atom is 0.262 e. The fourth-order valence-corrected chi connectivity index (χ4v) is 3.57. The molecule has 0 radical (unpaired) electrons. The zero-order valence-electron chi connectivity index (χ0n) is 17.9. The summed E-state index contributed by atoms with van der Waals surface area (Å²) < 4.78 is 1.73. The number of halogens is 1. The molecule has 3 aromatic carbocycles. The monoisotopic (exact) mass is 452 g/mol. The van der Waals surface area contributed by atoms with Gasteiger partial charge in [0.2, 0.25) is 0 Å². The van der Waals surface area contributed by atoms with Crippen LogP contribution in [0.3, 0.4) is 0 Å². The van der Waals surface area contributed by atoms with E-state index in [2.05, 4.69) is 5.32 Å². The van der Waals surface area contributed by atoms with Crippen molar-refractivity contribution in [1.29, 1.82) is 5.26 Å². The molecule has 0 spiro atoms. The molecule has 162 valence electrons. The van der Waals surface area contributed by atoms with Crippen molar-refractivity contribution in [2.75, 3.05) is 0 Å². The minimum Gasteiger partial charge on any atom is -0.345 e. The predicted octanol–water partition coefficient (Wildman–Crippen LogP) is 5.98. The Bertz CT molecular complexity index is 1320. The first-order valence-electron chi connectivity index (χ1n) is 10.4. The van der Waals surface area contributed by atoms with Crippen LogP contribution < -0.4 is 5.32 Å². The highest BCUT2D eigenvalue weighted by atomic mass is 35.5. The van der Waals surface area contributed by atoms with E-state index in [4.69, 9.17) is 16.7 Å². The maximum absolute atomic E-state index is 12.9. The zero-order chi connectivity index (χ0) is 23.2. The number of hydrogen-bond donors (Lipinski definition) is 1. The van der Waals surface area contributed by atoms with E-state index in [9.17, 15) is 10.1 Å². The molecule has 6 heteroatoms. The first-order valence-corrected chi connectivity index (χ1v) is 10.8. The van der Waals surface area contributed by atoms with Crippen LogP contribution in [0.1, 0.15) is 24.1 Å². The van der Waals surface area contributed by atoms with Gasteiger partial charge in [0.15, 0.2) is 0 Å². The van der Waals surface area contributed by atoms with Crippen molar-refractivity contribution in [2.24, 2.45) is 0 Å². The maximum atomic E-state index is 12.9. The van der Waals surface area contributed by atoms with E-state index in [1.165, 1.54) is 0 Å². The number of nitrogens with one attached hydrogen (secondary N) is 1. The molecule has 0 aliphatic rings. The van der Waals surface area contributed by atoms with Gasteiger partial charge in [0, 0.05) is 22.3 Å². The third kappa shape index (κ3) is 5.20. The summed E-state index contributed by atoms with van der Waals surface area (Å²) in [5.74, 6) is -0.441. The van der Waals surface area contributed by atoms with Gasteiger partial charge in [-0.15, -0.1) is 0 Å². The number of rotatable bonds is 6. The lowest BCUT2D eigenvalue weighted by Crippen LogP contribution is -2.27. The lowest BCUT2D eigenvalue weighted by Gasteiger charge is -2.13. The molecule has 0 bridgehead atoms. The Morgan fingerprint density at radius 2 is 1.67 bits per heavy atom. The molecule has 0 aliphatic carbocycles. The summed E-state index contributed by atoms with van der Waals surface area (Å²) in [6.45, 7) is 1.88. The third-order valence-corrected chi connectivity index (χ3v) is 5.45. The predicted molar refractivity (Wildman–Crippen MR) is 131 cm³/mol. The number of amides is 1. The van der Waals surface area contributed by atoms with Crippen molar-refractivity contribution in [3.05, 3.63) is 113 Å². The summed E-state index contributed by atoms with van der Waals surface area (Å²) in [4.78, 5) is 12.9. The summed E-state index contributed by atoms with van der Waals surface area (Å²) >= 11 is 6.05. The molecule has 1 N–H and O–H groups in total. The van der Waals surface area contributed by atoms with Gasteiger partial charge in [-0.2, -0.15) is 10.4 Å². The van der Waals surface area contributed by atoms with Crippen LogP contribution in [-0.4, -0.2) is 15.7 Å². The van der Waals surface area contributed by atoms with E-state index in [1.807, 2.05) is 92.0 Å². The molecule has 5 nitrogen and oxygen atoms in total. The second-order valence-corrected chi connectivity index (χ2v) is 7.93. The number of aromatic nitrogens is 2. The van der Waals surface area contributed by atoms with Crippen LogP contribution in [0.4, 0.5) is 0 Å². The standard InChI is InChI=1S/C27H21ClN4O/c1-19(20-8-4-2-5-9-20)30-27(33)22(17-29)16-23-18-32(25-10-6-3-7-11-25)31-26(23)21-12-14-24(28)15-13-21/h2-16,18-19H,1H3,(H,30,33). The average molecular weight is 453 g/mol. The van der Waals surface area contributed by atoms with Crippen molar-refractivity contribution in [3.63, 3.8) is 0 Å². The molecule has 1 amide bonds. The summed E-state index contributed by atoms with van der Waals surface area (Å²) in [5, 5.41) is 18.0. The molecule has 1 unspecified atom stereocenters. The summed E-state index contributed by atoms with van der Waals surface area (Å²) in [6, 6.07) is 28.3. The van der Waals surface area contributed by atoms with E-state index in [1.54, 1.807) is 22.9 Å². The Hall–Kier alpha value is -4.14. The topological polar surface area (TPSA) is 70.7 Å². The highest BCUT2D eigenvalue weighted by molar-refractivity contribution is 6.30. The normalized spacial score (nSPS) is 12.1. The van der Waals surface area contributed by atoms with Crippen molar-refractivity contribution >= 4 is 23.6 Å². The fraction of sp³-hybridized carbons (Fsp3) is 0.0741. The number of nitrogens with zero attached hydrogens (tertiary/aromatic N) is 3. The Labute approximate surface area is 197 Å². The third-order valence-electron chi connectivity index (χ3n) is 5.19. The Morgan fingerprint density at radius 3 is 2.30 bits per heavy atom. The summed E-state index contributed by atoms with van der Waals surface area (Å²) in [7, 11) is 0. The molecule has 1 heterocycles. The van der Waals surface area contributed by atoms with Crippen molar-refractivity contribution in [3.8, 4) is 23.0 Å². The molecular formula is C27H21ClN4O. The molecular weight excluding hydrogens is 432 g/mol. The van der Waals surface area contributed by atoms with Crippen LogP contribution >= 0.6 is 11.6 Å². The summed E-state index contributed by atoms with van der Waals surface area (Å²) in [6.07, 6.45) is 3.38. The van der Waals surface area contributed by atoms with Gasteiger partial charge in [-0.1, -0.05) is 72.3 Å². The lowest BCUT2D eigenvalue weighted by molar-refractivity contribution is -0.117. The Kier molecular flexibility index (Phi) is 6.68. The Morgan fingerprint density at radius 1 is 1.03 bits per heavy atom. The van der Waals surface area contributed by atoms with Gasteiger partial charge >= 0.3 is 0 Å². The van der Waals surface area contributed by atoms with E-state index in [-0.39, 0.29) is 11.6 Å². The number of para-hydroxylation sites is 1. The van der Waals surface area contributed by atoms with Crippen LogP contribution in [0.2, 0.25) is 5.02 Å². The second kappa shape index (κ2) is 9.99. The van der Waals surface area contributed by atoms with Gasteiger partial charge in [0.25, 0.3) is 5.91 Å². The average Bonchev–Trinajstić information content (AvgIpc) is 3.28. The molecule has 0 aliphatic heterocycles. The van der Waals surface area contributed by atoms with Gasteiger partial charge in [-0.3, -0.25) is 4.79 Å². The van der Waals surface area contributed by atoms with Crippen LogP contribution in [0.5, 0.6) is 0 Å². The minimum absolute atomic E-state index is 0.000561. The van der Waals surface area contributed by atoms with Gasteiger partial charge < -0.3 is 5.32 Å². The van der Waals surface area contributed by atoms with Crippen molar-refractivity contribution in [1.82, 2.24) is 15.1 Å². The molecule has 4 rings (SSSR count). The van der Waals surface area contributed by atoms with Gasteiger partial charge in [-0.05, 0) is 42.8 Å². The number of nitriles is 1. The first kappa shape index (κ1) is 22.1. The molecule has 0 saturated heterocycles. The largest absolute Gasteiger partial charge is 0.345 e. The lowest BCUT2D eigenvalue weighted by atomic mass is 10.0. The minimum atomic E-state index is -0.441. The number of benzene rings is 3. The van der Waals surface area contributed by atoms with Gasteiger partial charge in [0.1, 0.15) is 11.6 Å². The number of carbonyl (C=O) groups excluding carboxylic acids is 1. The first-order chi connectivity index (χ1) is 16.0. The smallest absolute Gasteiger partial charge is 0.262 e. The van der Waals surface area contributed by atoms with Gasteiger partial charge in [0.05, 0.1) is 17.4 Å². The molecule has 33 heavy (non-hydrogen) atoms. The van der Waals surface area contributed by atoms with E-state index in [0.29, 0.717) is 16.3 Å². The molecule has 1 atom stereocenters. The number of hydrogen-bond acceptors (Lipinski definition) is 3. The zero-order valence-corrected chi connectivity index (χ0v) is 18.7. The second-order valence-electron chi connectivity index (χ2n) is 7.50. The highest BCUT2D eigenvalue weighted by Gasteiger charge is 2.17. The van der Waals surface area contributed by atoms with E-state index in [0.717, 1.165) is 16.8 Å². The van der Waals surface area contributed by atoms with Crippen LogP contribution in [0, 0.1) is 11.3 Å². The highest BCUT2D eigenvalue weighted by Crippen LogP contribution is 2.27.